The van der Waals surface area contributed by atoms with Crippen molar-refractivity contribution in [1.29, 1.82) is 0 Å². The number of nitrogens with one attached hydrogen (secondary N) is 2. The summed E-state index contributed by atoms with van der Waals surface area (Å²) < 4.78 is 4.88. The molecule has 1 atom stereocenters. The van der Waals surface area contributed by atoms with Gasteiger partial charge >= 0.3 is 5.97 Å². The molecule has 1 heterocycles. The van der Waals surface area contributed by atoms with Gasteiger partial charge in [0, 0.05) is 18.3 Å². The van der Waals surface area contributed by atoms with E-state index in [4.69, 9.17) is 4.74 Å². The summed E-state index contributed by atoms with van der Waals surface area (Å²) in [5.74, 6) is -0.614. The summed E-state index contributed by atoms with van der Waals surface area (Å²) in [7, 11) is 1.35. The Morgan fingerprint density at radius 3 is 2.34 bits per heavy atom. The first-order valence-corrected chi connectivity index (χ1v) is 10.3. The number of esters is 1. The van der Waals surface area contributed by atoms with Gasteiger partial charge in [0.1, 0.15) is 5.69 Å². The summed E-state index contributed by atoms with van der Waals surface area (Å²) in [5, 5.41) is 3.07. The number of nitrogens with zero attached hydrogens (tertiary/aromatic N) is 1. The molecule has 0 spiro atoms. The van der Waals surface area contributed by atoms with E-state index >= 15 is 0 Å². The average Bonchev–Trinajstić information content (AvgIpc) is 3.09. The molecule has 2 rings (SSSR count). The smallest absolute Gasteiger partial charge is 0.339 e. The Bertz CT molecular complexity index is 810. The highest BCUT2D eigenvalue weighted by molar-refractivity contribution is 6.00. The normalized spacial score (nSPS) is 12.1. The van der Waals surface area contributed by atoms with Gasteiger partial charge < -0.3 is 15.0 Å². The van der Waals surface area contributed by atoms with Crippen molar-refractivity contribution in [2.45, 2.75) is 46.6 Å². The molecular weight excluding hydrogens is 366 g/mol. The summed E-state index contributed by atoms with van der Waals surface area (Å²) in [4.78, 5) is 30.5. The topological polar surface area (TPSA) is 74.4 Å². The van der Waals surface area contributed by atoms with E-state index in [9.17, 15) is 9.59 Å². The van der Waals surface area contributed by atoms with Gasteiger partial charge in [0.05, 0.1) is 12.7 Å². The van der Waals surface area contributed by atoms with Crippen molar-refractivity contribution < 1.29 is 14.3 Å². The van der Waals surface area contributed by atoms with Gasteiger partial charge in [-0.25, -0.2) is 4.79 Å². The number of amides is 1. The zero-order valence-corrected chi connectivity index (χ0v) is 18.2. The van der Waals surface area contributed by atoms with Gasteiger partial charge in [0.25, 0.3) is 5.91 Å². The highest BCUT2D eigenvalue weighted by atomic mass is 16.5. The molecule has 1 amide bonds. The monoisotopic (exact) mass is 399 g/mol. The Kier molecular flexibility index (Phi) is 8.46. The van der Waals surface area contributed by atoms with E-state index in [0.29, 0.717) is 29.8 Å². The second kappa shape index (κ2) is 10.8. The van der Waals surface area contributed by atoms with Crippen molar-refractivity contribution >= 4 is 11.9 Å². The predicted molar refractivity (Wildman–Crippen MR) is 115 cm³/mol. The zero-order valence-electron chi connectivity index (χ0n) is 18.2. The van der Waals surface area contributed by atoms with Gasteiger partial charge in [0.15, 0.2) is 0 Å². The van der Waals surface area contributed by atoms with Crippen LogP contribution in [0, 0.1) is 6.92 Å². The van der Waals surface area contributed by atoms with Crippen LogP contribution in [0.4, 0.5) is 0 Å². The lowest BCUT2D eigenvalue weighted by molar-refractivity contribution is 0.0599. The fourth-order valence-electron chi connectivity index (χ4n) is 3.78. The highest BCUT2D eigenvalue weighted by Gasteiger charge is 2.24. The van der Waals surface area contributed by atoms with Gasteiger partial charge in [-0.15, -0.1) is 0 Å². The molecule has 1 aromatic heterocycles. The lowest BCUT2D eigenvalue weighted by Gasteiger charge is -2.30. The molecular formula is C23H33N3O3. The molecule has 6 nitrogen and oxygen atoms in total. The number of rotatable bonds is 10. The zero-order chi connectivity index (χ0) is 21.4. The van der Waals surface area contributed by atoms with Gasteiger partial charge in [-0.1, -0.05) is 51.1 Å². The minimum absolute atomic E-state index is 0.192. The van der Waals surface area contributed by atoms with Crippen molar-refractivity contribution in [2.75, 3.05) is 26.7 Å². The second-order valence-corrected chi connectivity index (χ2v) is 7.10. The number of H-pyrrole nitrogens is 1. The van der Waals surface area contributed by atoms with Crippen molar-refractivity contribution in [1.82, 2.24) is 15.2 Å². The quantitative estimate of drug-likeness (QED) is 0.601. The summed E-state index contributed by atoms with van der Waals surface area (Å²) in [6.07, 6.45) is 1.48. The third kappa shape index (κ3) is 5.48. The van der Waals surface area contributed by atoms with Crippen LogP contribution in [0.5, 0.6) is 0 Å². The van der Waals surface area contributed by atoms with E-state index in [2.05, 4.69) is 41.2 Å². The molecule has 1 unspecified atom stereocenters. The minimum Gasteiger partial charge on any atom is -0.465 e. The van der Waals surface area contributed by atoms with E-state index < -0.39 is 5.97 Å². The number of methoxy groups -OCH3 is 1. The SMILES string of the molecule is CCc1[nH]c(C(=O)NCC(Cc2ccccc2)N(CC)CC)c(C)c1C(=O)OC. The molecule has 0 radical (unpaired) electrons. The summed E-state index contributed by atoms with van der Waals surface area (Å²) in [6.45, 7) is 10.3. The Morgan fingerprint density at radius 1 is 1.14 bits per heavy atom. The summed E-state index contributed by atoms with van der Waals surface area (Å²) >= 11 is 0. The summed E-state index contributed by atoms with van der Waals surface area (Å²) in [5.41, 5.74) is 3.50. The number of hydrogen-bond donors (Lipinski definition) is 2. The molecule has 0 saturated carbocycles. The maximum absolute atomic E-state index is 12.9. The van der Waals surface area contributed by atoms with E-state index in [1.807, 2.05) is 25.1 Å². The number of ether oxygens (including phenoxy) is 1. The van der Waals surface area contributed by atoms with Crippen molar-refractivity contribution in [3.63, 3.8) is 0 Å². The maximum atomic E-state index is 12.9. The van der Waals surface area contributed by atoms with Crippen LogP contribution in [0.15, 0.2) is 30.3 Å². The number of carbonyl (C=O) groups is 2. The number of benzene rings is 1. The van der Waals surface area contributed by atoms with Gasteiger partial charge in [0.2, 0.25) is 0 Å². The number of aryl methyl sites for hydroxylation is 1. The highest BCUT2D eigenvalue weighted by Crippen LogP contribution is 2.20. The van der Waals surface area contributed by atoms with Crippen LogP contribution in [-0.4, -0.2) is 54.5 Å². The Balaban J connectivity index is 2.17. The van der Waals surface area contributed by atoms with Crippen molar-refractivity contribution in [3.8, 4) is 0 Å². The Hall–Kier alpha value is -2.60. The third-order valence-electron chi connectivity index (χ3n) is 5.44. The lowest BCUT2D eigenvalue weighted by Crippen LogP contribution is -2.45. The molecule has 29 heavy (non-hydrogen) atoms. The first-order valence-electron chi connectivity index (χ1n) is 10.3. The number of aromatic nitrogens is 1. The van der Waals surface area contributed by atoms with Gasteiger partial charge in [-0.2, -0.15) is 0 Å². The molecule has 0 saturated heterocycles. The molecule has 0 aliphatic rings. The van der Waals surface area contributed by atoms with Gasteiger partial charge in [-0.05, 0) is 44.0 Å². The van der Waals surface area contributed by atoms with Crippen molar-refractivity contribution in [2.24, 2.45) is 0 Å². The number of likely N-dealkylation sites (N-methyl/N-ethyl adjacent to an activating group) is 1. The first kappa shape index (κ1) is 22.7. The van der Waals surface area contributed by atoms with Crippen LogP contribution in [-0.2, 0) is 17.6 Å². The average molecular weight is 400 g/mol. The van der Waals surface area contributed by atoms with E-state index in [1.54, 1.807) is 6.92 Å². The van der Waals surface area contributed by atoms with Crippen LogP contribution in [0.2, 0.25) is 0 Å². The molecule has 0 aliphatic heterocycles. The molecule has 0 fully saturated rings. The van der Waals surface area contributed by atoms with Crippen LogP contribution < -0.4 is 5.32 Å². The predicted octanol–water partition coefficient (Wildman–Crippen LogP) is 3.36. The largest absolute Gasteiger partial charge is 0.465 e. The fourth-order valence-corrected chi connectivity index (χ4v) is 3.78. The summed E-state index contributed by atoms with van der Waals surface area (Å²) in [6, 6.07) is 10.5. The van der Waals surface area contributed by atoms with Crippen LogP contribution >= 0.6 is 0 Å². The van der Waals surface area contributed by atoms with Crippen molar-refractivity contribution in [3.05, 3.63) is 58.4 Å². The van der Waals surface area contributed by atoms with Crippen LogP contribution in [0.25, 0.3) is 0 Å². The first-order chi connectivity index (χ1) is 14.0. The number of carbonyl (C=O) groups excluding carboxylic acids is 2. The minimum atomic E-state index is -0.417. The number of aromatic amines is 1. The van der Waals surface area contributed by atoms with E-state index in [0.717, 1.165) is 25.2 Å². The molecule has 2 aromatic rings. The lowest BCUT2D eigenvalue weighted by atomic mass is 10.0. The molecule has 6 heteroatoms. The molecule has 1 aromatic carbocycles. The van der Waals surface area contributed by atoms with E-state index in [1.165, 1.54) is 12.7 Å². The molecule has 0 aliphatic carbocycles. The molecule has 158 valence electrons. The Morgan fingerprint density at radius 2 is 1.79 bits per heavy atom. The number of hydrogen-bond acceptors (Lipinski definition) is 4. The Labute approximate surface area is 173 Å². The fraction of sp³-hybridized carbons (Fsp3) is 0.478. The van der Waals surface area contributed by atoms with Crippen LogP contribution in [0.3, 0.4) is 0 Å². The molecule has 2 N–H and O–H groups in total. The van der Waals surface area contributed by atoms with E-state index in [-0.39, 0.29) is 11.9 Å². The maximum Gasteiger partial charge on any atom is 0.339 e. The molecule has 0 bridgehead atoms. The standard InChI is InChI=1S/C23H33N3O3/c1-6-19-20(23(28)29-5)16(4)21(25-19)22(27)24-15-18(26(7-2)8-3)14-17-12-10-9-11-13-17/h9-13,18,25H,6-8,14-15H2,1-5H3,(H,24,27). The van der Waals surface area contributed by atoms with Gasteiger partial charge in [-0.3, -0.25) is 9.69 Å². The second-order valence-electron chi connectivity index (χ2n) is 7.10. The third-order valence-corrected chi connectivity index (χ3v) is 5.44. The van der Waals surface area contributed by atoms with Crippen LogP contribution in [0.1, 0.15) is 58.4 Å².